The molecule has 130 valence electrons. The first kappa shape index (κ1) is 17.0. The van der Waals surface area contributed by atoms with Crippen LogP contribution in [0, 0.1) is 13.8 Å². The number of aliphatic hydroxyl groups is 1. The van der Waals surface area contributed by atoms with E-state index < -0.39 is 5.60 Å². The van der Waals surface area contributed by atoms with Crippen molar-refractivity contribution in [2.75, 3.05) is 13.1 Å². The van der Waals surface area contributed by atoms with Crippen molar-refractivity contribution in [3.8, 4) is 0 Å². The Balaban J connectivity index is 1.46. The summed E-state index contributed by atoms with van der Waals surface area (Å²) in [5.41, 5.74) is 0.283. The van der Waals surface area contributed by atoms with E-state index in [0.29, 0.717) is 38.2 Å². The van der Waals surface area contributed by atoms with Crippen LogP contribution in [0.1, 0.15) is 46.8 Å². The maximum absolute atomic E-state index is 12.4. The van der Waals surface area contributed by atoms with Crippen LogP contribution in [-0.2, 0) is 16.8 Å². The summed E-state index contributed by atoms with van der Waals surface area (Å²) in [7, 11) is 0. The number of rotatable bonds is 5. The molecular weight excluding hydrogens is 326 g/mol. The molecule has 0 aromatic carbocycles. The lowest BCUT2D eigenvalue weighted by Gasteiger charge is -2.36. The second kappa shape index (κ2) is 6.98. The fourth-order valence-electron chi connectivity index (χ4n) is 3.23. The number of hydrogen-bond donors (Lipinski definition) is 2. The Labute approximate surface area is 145 Å². The van der Waals surface area contributed by atoms with Crippen LogP contribution in [0.2, 0.25) is 0 Å². The highest BCUT2D eigenvalue weighted by atomic mass is 32.1. The van der Waals surface area contributed by atoms with Crippen LogP contribution >= 0.6 is 11.3 Å². The first-order valence-corrected chi connectivity index (χ1v) is 9.09. The Bertz CT molecular complexity index is 689. The predicted molar refractivity (Wildman–Crippen MR) is 90.6 cm³/mol. The monoisotopic (exact) mass is 349 g/mol. The molecule has 2 aromatic heterocycles. The maximum Gasteiger partial charge on any atom is 0.222 e. The standard InChI is InChI=1S/C16H23N5O2S/c1-11-10-13(12(2)24-11)4-3-5-14(22)21-8-6-16(23,7-9-21)15-17-19-20-18-15/h10,23H,3-9H2,1-2H3,(H,17,18,19,20). The topological polar surface area (TPSA) is 95.0 Å². The van der Waals surface area contributed by atoms with Gasteiger partial charge >= 0.3 is 0 Å². The summed E-state index contributed by atoms with van der Waals surface area (Å²) >= 11 is 1.81. The minimum absolute atomic E-state index is 0.162. The fourth-order valence-corrected chi connectivity index (χ4v) is 4.20. The first-order valence-electron chi connectivity index (χ1n) is 8.28. The predicted octanol–water partition coefficient (Wildman–Crippen LogP) is 1.71. The number of nitrogens with one attached hydrogen (secondary N) is 1. The largest absolute Gasteiger partial charge is 0.382 e. The summed E-state index contributed by atoms with van der Waals surface area (Å²) in [5, 5.41) is 24.2. The van der Waals surface area contributed by atoms with Crippen molar-refractivity contribution in [2.24, 2.45) is 0 Å². The van der Waals surface area contributed by atoms with Gasteiger partial charge in [-0.15, -0.1) is 21.5 Å². The van der Waals surface area contributed by atoms with Crippen molar-refractivity contribution in [3.63, 3.8) is 0 Å². The van der Waals surface area contributed by atoms with E-state index in [4.69, 9.17) is 0 Å². The molecule has 2 N–H and O–H groups in total. The number of nitrogens with zero attached hydrogens (tertiary/aromatic N) is 4. The van der Waals surface area contributed by atoms with Gasteiger partial charge in [0.15, 0.2) is 0 Å². The summed E-state index contributed by atoms with van der Waals surface area (Å²) in [6.45, 7) is 5.31. The van der Waals surface area contributed by atoms with Crippen molar-refractivity contribution in [3.05, 3.63) is 27.2 Å². The molecule has 1 amide bonds. The number of aromatic nitrogens is 4. The number of tetrazole rings is 1. The van der Waals surface area contributed by atoms with Gasteiger partial charge in [-0.25, -0.2) is 0 Å². The van der Waals surface area contributed by atoms with Gasteiger partial charge < -0.3 is 10.0 Å². The number of piperidine rings is 1. The summed E-state index contributed by atoms with van der Waals surface area (Å²) in [4.78, 5) is 16.9. The van der Waals surface area contributed by atoms with E-state index in [2.05, 4.69) is 40.5 Å². The lowest BCUT2D eigenvalue weighted by Crippen LogP contribution is -2.45. The molecule has 8 heteroatoms. The van der Waals surface area contributed by atoms with Gasteiger partial charge in [0.05, 0.1) is 0 Å². The van der Waals surface area contributed by atoms with Gasteiger partial charge in [0.2, 0.25) is 11.7 Å². The molecule has 0 unspecified atom stereocenters. The smallest absolute Gasteiger partial charge is 0.222 e. The Morgan fingerprint density at radius 2 is 2.17 bits per heavy atom. The molecule has 24 heavy (non-hydrogen) atoms. The van der Waals surface area contributed by atoms with Crippen LogP contribution in [-0.4, -0.2) is 49.6 Å². The second-order valence-corrected chi connectivity index (χ2v) is 7.90. The van der Waals surface area contributed by atoms with Gasteiger partial charge in [-0.1, -0.05) is 5.21 Å². The highest BCUT2D eigenvalue weighted by molar-refractivity contribution is 7.12. The zero-order valence-corrected chi connectivity index (χ0v) is 14.9. The van der Waals surface area contributed by atoms with Crippen molar-refractivity contribution in [1.29, 1.82) is 0 Å². The van der Waals surface area contributed by atoms with Crippen LogP contribution in [0.5, 0.6) is 0 Å². The zero-order valence-electron chi connectivity index (χ0n) is 14.1. The van der Waals surface area contributed by atoms with E-state index in [1.807, 2.05) is 16.2 Å². The number of H-pyrrole nitrogens is 1. The van der Waals surface area contributed by atoms with E-state index in [9.17, 15) is 9.90 Å². The number of thiophene rings is 1. The van der Waals surface area contributed by atoms with Crippen LogP contribution in [0.4, 0.5) is 0 Å². The number of carbonyl (C=O) groups is 1. The average molecular weight is 349 g/mol. The van der Waals surface area contributed by atoms with E-state index in [1.165, 1.54) is 15.3 Å². The highest BCUT2D eigenvalue weighted by Crippen LogP contribution is 2.30. The van der Waals surface area contributed by atoms with Crippen LogP contribution in [0.3, 0.4) is 0 Å². The lowest BCUT2D eigenvalue weighted by atomic mass is 9.90. The molecule has 0 radical (unpaired) electrons. The fraction of sp³-hybridized carbons (Fsp3) is 0.625. The third-order valence-corrected chi connectivity index (χ3v) is 5.69. The minimum atomic E-state index is -1.07. The van der Waals surface area contributed by atoms with Crippen LogP contribution in [0.15, 0.2) is 6.07 Å². The van der Waals surface area contributed by atoms with E-state index in [-0.39, 0.29) is 5.91 Å². The number of amides is 1. The molecule has 0 atom stereocenters. The average Bonchev–Trinajstić information content (AvgIpc) is 3.18. The van der Waals surface area contributed by atoms with Crippen molar-refractivity contribution < 1.29 is 9.90 Å². The SMILES string of the molecule is Cc1cc(CCCC(=O)N2CCC(O)(c3nn[nH]n3)CC2)c(C)s1. The third kappa shape index (κ3) is 3.64. The van der Waals surface area contributed by atoms with Crippen molar-refractivity contribution in [1.82, 2.24) is 25.5 Å². The minimum Gasteiger partial charge on any atom is -0.382 e. The molecule has 0 aliphatic carbocycles. The van der Waals surface area contributed by atoms with Gasteiger partial charge in [-0.3, -0.25) is 4.79 Å². The summed E-state index contributed by atoms with van der Waals surface area (Å²) in [6, 6.07) is 2.22. The maximum atomic E-state index is 12.4. The Kier molecular flexibility index (Phi) is 4.96. The van der Waals surface area contributed by atoms with E-state index >= 15 is 0 Å². The number of carbonyl (C=O) groups excluding carboxylic acids is 1. The van der Waals surface area contributed by atoms with Crippen LogP contribution < -0.4 is 0 Å². The molecule has 1 aliphatic heterocycles. The number of likely N-dealkylation sites (tertiary alicyclic amines) is 1. The molecule has 7 nitrogen and oxygen atoms in total. The molecule has 1 saturated heterocycles. The second-order valence-electron chi connectivity index (χ2n) is 6.44. The van der Waals surface area contributed by atoms with Crippen molar-refractivity contribution in [2.45, 2.75) is 51.6 Å². The molecule has 1 aliphatic rings. The molecule has 0 spiro atoms. The highest BCUT2D eigenvalue weighted by Gasteiger charge is 2.38. The van der Waals surface area contributed by atoms with Crippen LogP contribution in [0.25, 0.3) is 0 Å². The van der Waals surface area contributed by atoms with Crippen molar-refractivity contribution >= 4 is 17.2 Å². The molecule has 0 bridgehead atoms. The Morgan fingerprint density at radius 3 is 2.75 bits per heavy atom. The van der Waals surface area contributed by atoms with E-state index in [1.54, 1.807) is 0 Å². The number of hydrogen-bond acceptors (Lipinski definition) is 6. The number of aromatic amines is 1. The molecule has 2 aromatic rings. The molecule has 3 rings (SSSR count). The summed E-state index contributed by atoms with van der Waals surface area (Å²) in [5.74, 6) is 0.479. The molecular formula is C16H23N5O2S. The Morgan fingerprint density at radius 1 is 1.42 bits per heavy atom. The quantitative estimate of drug-likeness (QED) is 0.857. The Hall–Kier alpha value is -1.80. The normalized spacial score (nSPS) is 17.2. The molecule has 3 heterocycles. The molecule has 1 fully saturated rings. The van der Waals surface area contributed by atoms with Gasteiger partial charge in [0, 0.05) is 42.1 Å². The number of aryl methyl sites for hydroxylation is 3. The van der Waals surface area contributed by atoms with E-state index in [0.717, 1.165) is 12.8 Å². The van der Waals surface area contributed by atoms with Gasteiger partial charge in [-0.05, 0) is 38.3 Å². The van der Waals surface area contributed by atoms with Gasteiger partial charge in [0.25, 0.3) is 0 Å². The summed E-state index contributed by atoms with van der Waals surface area (Å²) in [6.07, 6.45) is 3.25. The van der Waals surface area contributed by atoms with Gasteiger partial charge in [0.1, 0.15) is 5.60 Å². The third-order valence-electron chi connectivity index (χ3n) is 4.69. The lowest BCUT2D eigenvalue weighted by molar-refractivity contribution is -0.136. The van der Waals surface area contributed by atoms with Gasteiger partial charge in [-0.2, -0.15) is 5.21 Å². The zero-order chi connectivity index (χ0) is 17.2. The summed E-state index contributed by atoms with van der Waals surface area (Å²) < 4.78 is 0. The first-order chi connectivity index (χ1) is 11.5. The molecule has 0 saturated carbocycles.